The minimum Gasteiger partial charge on any atom is -0.493 e. The number of amides is 1. The van der Waals surface area contributed by atoms with Crippen LogP contribution >= 0.6 is 0 Å². The third-order valence-corrected chi connectivity index (χ3v) is 4.12. The van der Waals surface area contributed by atoms with E-state index in [1.54, 1.807) is 19.2 Å². The zero-order chi connectivity index (χ0) is 19.6. The first-order chi connectivity index (χ1) is 13.1. The van der Waals surface area contributed by atoms with Gasteiger partial charge in [-0.3, -0.25) is 9.79 Å². The van der Waals surface area contributed by atoms with Gasteiger partial charge in [-0.05, 0) is 48.6 Å². The summed E-state index contributed by atoms with van der Waals surface area (Å²) in [4.78, 5) is 16.3. The van der Waals surface area contributed by atoms with Crippen LogP contribution in [0.15, 0.2) is 71.0 Å². The number of allylic oxidation sites excluding steroid dienone is 4. The molecule has 0 bridgehead atoms. The Bertz CT molecular complexity index is 848. The number of nitrogens with zero attached hydrogens (tertiary/aromatic N) is 1. The quantitative estimate of drug-likeness (QED) is 0.392. The van der Waals surface area contributed by atoms with Gasteiger partial charge in [0, 0.05) is 48.2 Å². The summed E-state index contributed by atoms with van der Waals surface area (Å²) in [7, 11) is 0. The van der Waals surface area contributed by atoms with E-state index < -0.39 is 0 Å². The molecular formula is C21H24N4O2. The Morgan fingerprint density at radius 2 is 2.22 bits per heavy atom. The number of ether oxygens (including phenoxy) is 1. The molecule has 1 aliphatic rings. The van der Waals surface area contributed by atoms with Gasteiger partial charge in [0.05, 0.1) is 6.61 Å². The molecule has 0 radical (unpaired) electrons. The molecule has 1 heterocycles. The van der Waals surface area contributed by atoms with E-state index >= 15 is 0 Å². The minimum atomic E-state index is -0.281. The molecule has 1 aromatic carbocycles. The highest BCUT2D eigenvalue weighted by Crippen LogP contribution is 2.27. The zero-order valence-corrected chi connectivity index (χ0v) is 15.4. The lowest BCUT2D eigenvalue weighted by atomic mass is 10.0. The molecule has 0 unspecified atom stereocenters. The summed E-state index contributed by atoms with van der Waals surface area (Å²) in [6.07, 6.45) is 10.5. The lowest BCUT2D eigenvalue weighted by Gasteiger charge is -2.17. The van der Waals surface area contributed by atoms with E-state index in [4.69, 9.17) is 15.9 Å². The summed E-state index contributed by atoms with van der Waals surface area (Å²) >= 11 is 0. The van der Waals surface area contributed by atoms with Crippen molar-refractivity contribution < 1.29 is 9.53 Å². The van der Waals surface area contributed by atoms with Crippen molar-refractivity contribution in [2.75, 3.05) is 11.9 Å². The number of benzene rings is 1. The number of hydrogen-bond acceptors (Lipinski definition) is 5. The van der Waals surface area contributed by atoms with Gasteiger partial charge in [-0.25, -0.2) is 0 Å². The lowest BCUT2D eigenvalue weighted by Crippen LogP contribution is -2.11. The Morgan fingerprint density at radius 1 is 1.41 bits per heavy atom. The Kier molecular flexibility index (Phi) is 7.31. The molecule has 0 spiro atoms. The molecule has 0 aliphatic carbocycles. The van der Waals surface area contributed by atoms with Crippen molar-refractivity contribution >= 4 is 24.0 Å². The maximum Gasteiger partial charge on any atom is 0.248 e. The highest BCUT2D eigenvalue weighted by Gasteiger charge is 2.11. The van der Waals surface area contributed by atoms with Gasteiger partial charge in [-0.1, -0.05) is 12.6 Å². The first-order valence-electron chi connectivity index (χ1n) is 8.61. The number of hydrogen-bond donors (Lipinski definition) is 3. The molecule has 1 aromatic rings. The highest BCUT2D eigenvalue weighted by molar-refractivity contribution is 6.01. The van der Waals surface area contributed by atoms with Gasteiger partial charge in [0.15, 0.2) is 0 Å². The van der Waals surface area contributed by atoms with E-state index in [-0.39, 0.29) is 5.91 Å². The Hall–Kier alpha value is -3.41. The summed E-state index contributed by atoms with van der Waals surface area (Å²) in [6, 6.07) is 5.68. The Balaban J connectivity index is 2.17. The topological polar surface area (TPSA) is 101 Å². The number of aryl methyl sites for hydroxylation is 1. The predicted octanol–water partition coefficient (Wildman–Crippen LogP) is 3.53. The first kappa shape index (κ1) is 19.9. The first-order valence-corrected chi connectivity index (χ1v) is 8.61. The fourth-order valence-corrected chi connectivity index (χ4v) is 2.61. The number of nitrogens with two attached hydrogens (primary N) is 1. The molecule has 0 saturated heterocycles. The standard InChI is InChI=1S/C21H24N4O2/c1-3-24-14-17(15(2)18(12-22)13-23)7-9-21(26)25-19-8-6-16-5-4-10-27-20(16)11-19/h3,6-9,11-14,22H,1,4-5,10,23H2,2H3,(H,25,26)/b9-7+,17-15+,18-13+,22-12?,24-14?. The number of aliphatic imine (C=N–C) groups is 1. The average molecular weight is 364 g/mol. The van der Waals surface area contributed by atoms with E-state index in [9.17, 15) is 4.79 Å². The number of fused-ring (bicyclic) bond motifs is 1. The molecule has 0 atom stereocenters. The van der Waals surface area contributed by atoms with Crippen molar-refractivity contribution in [2.24, 2.45) is 10.7 Å². The SMILES string of the molecule is C=CN=CC(/C=C/C(=O)Nc1ccc2c(c1)OCCC2)=C(C)/C(C=N)=C/N. The van der Waals surface area contributed by atoms with Crippen molar-refractivity contribution in [2.45, 2.75) is 19.8 Å². The molecule has 140 valence electrons. The van der Waals surface area contributed by atoms with Crippen LogP contribution < -0.4 is 15.8 Å². The van der Waals surface area contributed by atoms with Gasteiger partial charge in [0.2, 0.25) is 5.91 Å². The third kappa shape index (κ3) is 5.54. The largest absolute Gasteiger partial charge is 0.493 e. The van der Waals surface area contributed by atoms with E-state index in [0.717, 1.165) is 35.9 Å². The van der Waals surface area contributed by atoms with Crippen molar-refractivity contribution in [3.63, 3.8) is 0 Å². The van der Waals surface area contributed by atoms with Gasteiger partial charge in [0.1, 0.15) is 5.75 Å². The van der Waals surface area contributed by atoms with Gasteiger partial charge in [-0.15, -0.1) is 0 Å². The molecule has 4 N–H and O–H groups in total. The van der Waals surface area contributed by atoms with Crippen LogP contribution in [0.3, 0.4) is 0 Å². The molecule has 6 heteroatoms. The number of nitrogens with one attached hydrogen (secondary N) is 2. The molecule has 27 heavy (non-hydrogen) atoms. The van der Waals surface area contributed by atoms with Crippen LogP contribution in [0.1, 0.15) is 18.9 Å². The van der Waals surface area contributed by atoms with Gasteiger partial charge in [-0.2, -0.15) is 0 Å². The second-order valence-corrected chi connectivity index (χ2v) is 5.90. The fourth-order valence-electron chi connectivity index (χ4n) is 2.61. The van der Waals surface area contributed by atoms with Crippen LogP contribution in [0.25, 0.3) is 0 Å². The predicted molar refractivity (Wildman–Crippen MR) is 110 cm³/mol. The molecule has 0 aromatic heterocycles. The van der Waals surface area contributed by atoms with Crippen LogP contribution in [-0.4, -0.2) is 24.9 Å². The molecule has 2 rings (SSSR count). The third-order valence-electron chi connectivity index (χ3n) is 4.12. The Morgan fingerprint density at radius 3 is 2.93 bits per heavy atom. The number of anilines is 1. The molecule has 0 saturated carbocycles. The summed E-state index contributed by atoms with van der Waals surface area (Å²) in [5.41, 5.74) is 9.29. The van der Waals surface area contributed by atoms with Crippen LogP contribution in [0.2, 0.25) is 0 Å². The van der Waals surface area contributed by atoms with Gasteiger partial charge < -0.3 is 21.2 Å². The van der Waals surface area contributed by atoms with E-state index in [1.165, 1.54) is 18.5 Å². The van der Waals surface area contributed by atoms with Crippen LogP contribution in [0.5, 0.6) is 5.75 Å². The smallest absolute Gasteiger partial charge is 0.248 e. The van der Waals surface area contributed by atoms with Crippen molar-refractivity contribution in [3.05, 3.63) is 71.6 Å². The number of carbonyl (C=O) groups is 1. The number of rotatable bonds is 7. The van der Waals surface area contributed by atoms with Crippen LogP contribution in [0.4, 0.5) is 5.69 Å². The van der Waals surface area contributed by atoms with E-state index in [2.05, 4.69) is 16.9 Å². The summed E-state index contributed by atoms with van der Waals surface area (Å²) in [6.45, 7) is 6.05. The van der Waals surface area contributed by atoms with Crippen LogP contribution in [-0.2, 0) is 11.2 Å². The molecular weight excluding hydrogens is 340 g/mol. The molecule has 0 fully saturated rings. The van der Waals surface area contributed by atoms with Crippen molar-refractivity contribution in [1.82, 2.24) is 0 Å². The fraction of sp³-hybridized carbons (Fsp3) is 0.190. The second kappa shape index (κ2) is 9.91. The van der Waals surface area contributed by atoms with Gasteiger partial charge >= 0.3 is 0 Å². The lowest BCUT2D eigenvalue weighted by molar-refractivity contribution is -0.111. The van der Waals surface area contributed by atoms with Gasteiger partial charge in [0.25, 0.3) is 0 Å². The highest BCUT2D eigenvalue weighted by atomic mass is 16.5. The summed E-state index contributed by atoms with van der Waals surface area (Å²) < 4.78 is 5.63. The van der Waals surface area contributed by atoms with E-state index in [1.807, 2.05) is 18.2 Å². The maximum atomic E-state index is 12.3. The van der Waals surface area contributed by atoms with Crippen LogP contribution in [0, 0.1) is 5.41 Å². The zero-order valence-electron chi connectivity index (χ0n) is 15.4. The summed E-state index contributed by atoms with van der Waals surface area (Å²) in [5, 5.41) is 10.2. The van der Waals surface area contributed by atoms with Crippen molar-refractivity contribution in [3.8, 4) is 5.75 Å². The minimum absolute atomic E-state index is 0.281. The van der Waals surface area contributed by atoms with E-state index in [0.29, 0.717) is 23.4 Å². The molecule has 1 aliphatic heterocycles. The average Bonchev–Trinajstić information content (AvgIpc) is 2.68. The maximum absolute atomic E-state index is 12.3. The molecule has 6 nitrogen and oxygen atoms in total. The normalized spacial score (nSPS) is 15.1. The monoisotopic (exact) mass is 364 g/mol. The molecule has 1 amide bonds. The number of carbonyl (C=O) groups excluding carboxylic acids is 1. The van der Waals surface area contributed by atoms with Crippen molar-refractivity contribution in [1.29, 1.82) is 5.41 Å². The Labute approximate surface area is 159 Å². The summed E-state index contributed by atoms with van der Waals surface area (Å²) in [5.74, 6) is 0.539. The second-order valence-electron chi connectivity index (χ2n) is 5.90.